The monoisotopic (exact) mass is 510 g/mol. The largest absolute Gasteiger partial charge is 0.497 e. The van der Waals surface area contributed by atoms with E-state index >= 15 is 0 Å². The molecule has 0 fully saturated rings. The van der Waals surface area contributed by atoms with Gasteiger partial charge in [0, 0.05) is 28.6 Å². The van der Waals surface area contributed by atoms with Crippen LogP contribution in [-0.2, 0) is 11.2 Å². The quantitative estimate of drug-likeness (QED) is 0.369. The first kappa shape index (κ1) is 24.8. The summed E-state index contributed by atoms with van der Waals surface area (Å²) in [6.07, 6.45) is 2.41. The van der Waals surface area contributed by atoms with Gasteiger partial charge in [0.1, 0.15) is 24.7 Å². The summed E-state index contributed by atoms with van der Waals surface area (Å²) < 4.78 is 11.2. The molecule has 1 atom stereocenters. The number of thiophene rings is 1. The number of carbonyl (C=O) groups is 2. The minimum atomic E-state index is -0.241. The molecule has 0 aliphatic carbocycles. The van der Waals surface area contributed by atoms with Gasteiger partial charge in [-0.1, -0.05) is 17.7 Å². The molecule has 1 aliphatic rings. The molecular formula is C27H27ClN2O4S. The van der Waals surface area contributed by atoms with Gasteiger partial charge in [0.15, 0.2) is 0 Å². The van der Waals surface area contributed by atoms with Gasteiger partial charge in [0.05, 0.1) is 13.2 Å². The maximum absolute atomic E-state index is 13.5. The van der Waals surface area contributed by atoms with Crippen molar-refractivity contribution in [2.45, 2.75) is 12.5 Å². The van der Waals surface area contributed by atoms with Crippen LogP contribution >= 0.6 is 22.9 Å². The smallest absolute Gasteiger partial charge is 0.254 e. The second kappa shape index (κ2) is 11.4. The number of benzene rings is 2. The summed E-state index contributed by atoms with van der Waals surface area (Å²) in [7, 11) is 1.57. The third-order valence-electron chi connectivity index (χ3n) is 5.94. The van der Waals surface area contributed by atoms with Gasteiger partial charge in [-0.25, -0.2) is 0 Å². The number of rotatable bonds is 9. The Morgan fingerprint density at radius 3 is 2.54 bits per heavy atom. The number of ether oxygens (including phenoxy) is 2. The number of methoxy groups -OCH3 is 1. The van der Waals surface area contributed by atoms with E-state index in [1.165, 1.54) is 9.78 Å². The third kappa shape index (κ3) is 5.86. The molecule has 4 rings (SSSR count). The van der Waals surface area contributed by atoms with Crippen molar-refractivity contribution < 1.29 is 19.1 Å². The predicted molar refractivity (Wildman–Crippen MR) is 139 cm³/mol. The van der Waals surface area contributed by atoms with Crippen LogP contribution in [0.2, 0.25) is 5.02 Å². The Morgan fingerprint density at radius 2 is 1.86 bits per heavy atom. The van der Waals surface area contributed by atoms with Crippen molar-refractivity contribution in [2.75, 3.05) is 33.4 Å². The number of hydrogen-bond acceptors (Lipinski definition) is 5. The molecule has 35 heavy (non-hydrogen) atoms. The number of carbonyl (C=O) groups excluding carboxylic acids is 2. The van der Waals surface area contributed by atoms with Gasteiger partial charge in [-0.15, -0.1) is 17.9 Å². The normalized spacial score (nSPS) is 14.7. The molecule has 2 heterocycles. The van der Waals surface area contributed by atoms with Gasteiger partial charge in [-0.2, -0.15) is 0 Å². The lowest BCUT2D eigenvalue weighted by Gasteiger charge is -2.37. The molecule has 0 saturated heterocycles. The van der Waals surface area contributed by atoms with E-state index in [0.717, 1.165) is 12.0 Å². The summed E-state index contributed by atoms with van der Waals surface area (Å²) in [5.41, 5.74) is 1.59. The van der Waals surface area contributed by atoms with E-state index < -0.39 is 0 Å². The van der Waals surface area contributed by atoms with E-state index in [9.17, 15) is 9.59 Å². The lowest BCUT2D eigenvalue weighted by molar-refractivity contribution is -0.135. The first-order valence-electron chi connectivity index (χ1n) is 11.3. The molecule has 0 saturated carbocycles. The summed E-state index contributed by atoms with van der Waals surface area (Å²) in [6, 6.07) is 15.8. The van der Waals surface area contributed by atoms with Gasteiger partial charge in [0.2, 0.25) is 5.91 Å². The van der Waals surface area contributed by atoms with Crippen LogP contribution in [0.4, 0.5) is 0 Å². The van der Waals surface area contributed by atoms with Crippen LogP contribution in [0.1, 0.15) is 26.8 Å². The molecule has 0 radical (unpaired) electrons. The van der Waals surface area contributed by atoms with E-state index in [-0.39, 0.29) is 30.9 Å². The van der Waals surface area contributed by atoms with Crippen LogP contribution in [0, 0.1) is 0 Å². The first-order valence-corrected chi connectivity index (χ1v) is 12.5. The summed E-state index contributed by atoms with van der Waals surface area (Å²) in [4.78, 5) is 31.3. The van der Waals surface area contributed by atoms with Gasteiger partial charge >= 0.3 is 0 Å². The van der Waals surface area contributed by atoms with Crippen molar-refractivity contribution in [1.82, 2.24) is 9.80 Å². The van der Waals surface area contributed by atoms with Crippen LogP contribution in [0.3, 0.4) is 0 Å². The molecule has 0 spiro atoms. The minimum absolute atomic E-state index is 0.0478. The van der Waals surface area contributed by atoms with Gasteiger partial charge in [0.25, 0.3) is 5.91 Å². The van der Waals surface area contributed by atoms with E-state index in [1.807, 2.05) is 22.4 Å². The van der Waals surface area contributed by atoms with Crippen LogP contribution in [0.25, 0.3) is 0 Å². The number of halogens is 1. The predicted octanol–water partition coefficient (Wildman–Crippen LogP) is 5.24. The van der Waals surface area contributed by atoms with Crippen molar-refractivity contribution in [3.63, 3.8) is 0 Å². The molecular weight excluding hydrogens is 484 g/mol. The molecule has 0 unspecified atom stereocenters. The lowest BCUT2D eigenvalue weighted by atomic mass is 10.0. The van der Waals surface area contributed by atoms with Crippen LogP contribution in [-0.4, -0.2) is 55.0 Å². The van der Waals surface area contributed by atoms with Crippen molar-refractivity contribution in [3.05, 3.63) is 93.7 Å². The van der Waals surface area contributed by atoms with Crippen molar-refractivity contribution in [2.24, 2.45) is 0 Å². The number of hydrogen-bond donors (Lipinski definition) is 0. The first-order chi connectivity index (χ1) is 17.0. The summed E-state index contributed by atoms with van der Waals surface area (Å²) in [5, 5.41) is 2.68. The molecule has 2 aromatic carbocycles. The Kier molecular flexibility index (Phi) is 8.10. The third-order valence-corrected chi connectivity index (χ3v) is 7.18. The maximum Gasteiger partial charge on any atom is 0.254 e. The molecule has 182 valence electrons. The average molecular weight is 511 g/mol. The Labute approximate surface area is 214 Å². The number of fused-ring (bicyclic) bond motifs is 1. The zero-order valence-electron chi connectivity index (χ0n) is 19.5. The van der Waals surface area contributed by atoms with Crippen molar-refractivity contribution in [1.29, 1.82) is 0 Å². The summed E-state index contributed by atoms with van der Waals surface area (Å²) in [6.45, 7) is 4.86. The highest BCUT2D eigenvalue weighted by molar-refractivity contribution is 7.10. The molecule has 1 aromatic heterocycles. The SMILES string of the molecule is C=CCN(CC(=O)N1CCc2sccc2[C@@H]1COc1ccc(Cl)cc1)C(=O)c1ccc(OC)cc1. The van der Waals surface area contributed by atoms with Gasteiger partial charge < -0.3 is 19.3 Å². The fourth-order valence-electron chi connectivity index (χ4n) is 4.13. The number of amides is 2. The van der Waals surface area contributed by atoms with Gasteiger partial charge in [-0.3, -0.25) is 9.59 Å². The topological polar surface area (TPSA) is 59.1 Å². The fraction of sp³-hybridized carbons (Fsp3) is 0.259. The van der Waals surface area contributed by atoms with E-state index in [1.54, 1.807) is 60.9 Å². The second-order valence-corrected chi connectivity index (χ2v) is 9.56. The Morgan fingerprint density at radius 1 is 1.14 bits per heavy atom. The number of nitrogens with zero attached hydrogens (tertiary/aromatic N) is 2. The molecule has 3 aromatic rings. The van der Waals surface area contributed by atoms with Crippen molar-refractivity contribution in [3.8, 4) is 11.5 Å². The van der Waals surface area contributed by atoms with Crippen LogP contribution < -0.4 is 9.47 Å². The lowest BCUT2D eigenvalue weighted by Crippen LogP contribution is -2.47. The van der Waals surface area contributed by atoms with Crippen LogP contribution in [0.5, 0.6) is 11.5 Å². The maximum atomic E-state index is 13.5. The van der Waals surface area contributed by atoms with Gasteiger partial charge in [-0.05, 0) is 72.0 Å². The molecule has 2 amide bonds. The summed E-state index contributed by atoms with van der Waals surface area (Å²) >= 11 is 7.68. The highest BCUT2D eigenvalue weighted by Gasteiger charge is 2.33. The minimum Gasteiger partial charge on any atom is -0.497 e. The fourth-order valence-corrected chi connectivity index (χ4v) is 5.18. The molecule has 0 bridgehead atoms. The van der Waals surface area contributed by atoms with E-state index in [4.69, 9.17) is 21.1 Å². The molecule has 1 aliphatic heterocycles. The zero-order chi connectivity index (χ0) is 24.8. The molecule has 0 N–H and O–H groups in total. The Balaban J connectivity index is 1.50. The Hall–Kier alpha value is -3.29. The highest BCUT2D eigenvalue weighted by atomic mass is 35.5. The Bertz CT molecular complexity index is 1180. The van der Waals surface area contributed by atoms with E-state index in [0.29, 0.717) is 35.2 Å². The molecule has 8 heteroatoms. The van der Waals surface area contributed by atoms with Crippen LogP contribution in [0.15, 0.2) is 72.6 Å². The highest BCUT2D eigenvalue weighted by Crippen LogP contribution is 2.34. The van der Waals surface area contributed by atoms with E-state index in [2.05, 4.69) is 12.6 Å². The standard InChI is InChI=1S/C27H27ClN2O4S/c1-3-14-29(27(32)19-4-8-21(33-2)9-5-19)17-26(31)30-15-12-25-23(13-16-35-25)24(30)18-34-22-10-6-20(28)7-11-22/h3-11,13,16,24H,1,12,14-15,17-18H2,2H3/t24-/m0/s1. The zero-order valence-corrected chi connectivity index (χ0v) is 21.1. The van der Waals surface area contributed by atoms with Crippen molar-refractivity contribution >= 4 is 34.8 Å². The second-order valence-electron chi connectivity index (χ2n) is 8.12. The summed E-state index contributed by atoms with van der Waals surface area (Å²) in [5.74, 6) is 0.988. The average Bonchev–Trinajstić information content (AvgIpc) is 3.37. The molecule has 6 nitrogen and oxygen atoms in total.